The van der Waals surface area contributed by atoms with Crippen LogP contribution >= 0.6 is 0 Å². The predicted octanol–water partition coefficient (Wildman–Crippen LogP) is 2.26. The second kappa shape index (κ2) is 6.09. The largest absolute Gasteiger partial charge is 0.451 e. The maximum Gasteiger partial charge on any atom is 0.289 e. The molecule has 1 fully saturated rings. The summed E-state index contributed by atoms with van der Waals surface area (Å²) < 4.78 is 13.4. The van der Waals surface area contributed by atoms with Gasteiger partial charge in [0.1, 0.15) is 18.0 Å². The van der Waals surface area contributed by atoms with Crippen LogP contribution in [0.1, 0.15) is 29.4 Å². The lowest BCUT2D eigenvalue weighted by atomic mass is 10.2. The van der Waals surface area contributed by atoms with Crippen LogP contribution in [0.3, 0.4) is 0 Å². The molecular weight excluding hydrogens is 308 g/mol. The van der Waals surface area contributed by atoms with Gasteiger partial charge in [-0.2, -0.15) is 0 Å². The second-order valence-electron chi connectivity index (χ2n) is 5.73. The fourth-order valence-electron chi connectivity index (χ4n) is 2.99. The van der Waals surface area contributed by atoms with Gasteiger partial charge in [0.25, 0.3) is 5.91 Å². The van der Waals surface area contributed by atoms with Crippen molar-refractivity contribution < 1.29 is 13.9 Å². The Hall–Kier alpha value is -2.67. The van der Waals surface area contributed by atoms with Gasteiger partial charge in [-0.25, -0.2) is 0 Å². The van der Waals surface area contributed by atoms with Gasteiger partial charge >= 0.3 is 0 Å². The Balaban J connectivity index is 1.56. The van der Waals surface area contributed by atoms with E-state index in [2.05, 4.69) is 10.2 Å². The normalized spacial score (nSPS) is 18.2. The summed E-state index contributed by atoms with van der Waals surface area (Å²) >= 11 is 0. The zero-order valence-corrected chi connectivity index (χ0v) is 13.4. The van der Waals surface area contributed by atoms with E-state index in [9.17, 15) is 4.79 Å². The standard InChI is InChI=1S/C17H18N4O3/c1-2-20-11-18-19-16(20)15-10-21(7-8-23-15)17(22)14-9-12-5-3-4-6-13(12)24-14/h3-6,9,11,15H,2,7-8,10H2,1H3/t15-/m0/s1. The van der Waals surface area contributed by atoms with E-state index >= 15 is 0 Å². The molecule has 124 valence electrons. The molecule has 2 aromatic heterocycles. The lowest BCUT2D eigenvalue weighted by Crippen LogP contribution is -2.42. The van der Waals surface area contributed by atoms with Crippen molar-refractivity contribution in [3.8, 4) is 0 Å². The van der Waals surface area contributed by atoms with E-state index in [0.717, 1.165) is 23.3 Å². The molecule has 0 N–H and O–H groups in total. The number of aryl methyl sites for hydroxylation is 1. The maximum atomic E-state index is 12.8. The first-order valence-electron chi connectivity index (χ1n) is 8.03. The van der Waals surface area contributed by atoms with Crippen LogP contribution in [0.15, 0.2) is 41.1 Å². The molecule has 7 heteroatoms. The predicted molar refractivity (Wildman–Crippen MR) is 86.5 cm³/mol. The highest BCUT2D eigenvalue weighted by Crippen LogP contribution is 2.24. The molecular formula is C17H18N4O3. The number of carbonyl (C=O) groups excluding carboxylic acids is 1. The first-order valence-corrected chi connectivity index (χ1v) is 8.03. The molecule has 1 amide bonds. The van der Waals surface area contributed by atoms with Crippen LogP contribution in [0.4, 0.5) is 0 Å². The van der Waals surface area contributed by atoms with Crippen LogP contribution in [0.25, 0.3) is 11.0 Å². The minimum Gasteiger partial charge on any atom is -0.451 e. The molecule has 24 heavy (non-hydrogen) atoms. The minimum atomic E-state index is -0.269. The van der Waals surface area contributed by atoms with Gasteiger partial charge in [-0.15, -0.1) is 10.2 Å². The van der Waals surface area contributed by atoms with Crippen LogP contribution in [0.5, 0.6) is 0 Å². The maximum absolute atomic E-state index is 12.8. The van der Waals surface area contributed by atoms with E-state index in [1.165, 1.54) is 0 Å². The number of ether oxygens (including phenoxy) is 1. The van der Waals surface area contributed by atoms with Crippen molar-refractivity contribution in [2.45, 2.75) is 19.6 Å². The van der Waals surface area contributed by atoms with Gasteiger partial charge in [-0.1, -0.05) is 18.2 Å². The Kier molecular flexibility index (Phi) is 3.78. The summed E-state index contributed by atoms with van der Waals surface area (Å²) in [6, 6.07) is 9.40. The van der Waals surface area contributed by atoms with Gasteiger partial charge in [0, 0.05) is 18.5 Å². The van der Waals surface area contributed by atoms with Crippen molar-refractivity contribution >= 4 is 16.9 Å². The molecule has 0 spiro atoms. The van der Waals surface area contributed by atoms with E-state index in [-0.39, 0.29) is 12.0 Å². The lowest BCUT2D eigenvalue weighted by molar-refractivity contribution is -0.0292. The first-order chi connectivity index (χ1) is 11.8. The number of aromatic nitrogens is 3. The number of amides is 1. The molecule has 1 aliphatic rings. The number of hydrogen-bond donors (Lipinski definition) is 0. The van der Waals surface area contributed by atoms with E-state index in [4.69, 9.17) is 9.15 Å². The Bertz CT molecular complexity index is 836. The Morgan fingerprint density at radius 2 is 2.25 bits per heavy atom. The van der Waals surface area contributed by atoms with Crippen LogP contribution in [0.2, 0.25) is 0 Å². The molecule has 1 atom stereocenters. The number of carbonyl (C=O) groups is 1. The van der Waals surface area contributed by atoms with Crippen molar-refractivity contribution in [1.29, 1.82) is 0 Å². The van der Waals surface area contributed by atoms with Gasteiger partial charge in [0.15, 0.2) is 11.6 Å². The molecule has 1 aliphatic heterocycles. The fourth-order valence-corrected chi connectivity index (χ4v) is 2.99. The summed E-state index contributed by atoms with van der Waals surface area (Å²) in [6.45, 7) is 4.22. The molecule has 0 radical (unpaired) electrons. The average Bonchev–Trinajstić information content (AvgIpc) is 3.27. The number of fused-ring (bicyclic) bond motifs is 1. The number of para-hydroxylation sites is 1. The number of rotatable bonds is 3. The topological polar surface area (TPSA) is 73.4 Å². The number of hydrogen-bond acceptors (Lipinski definition) is 5. The summed E-state index contributed by atoms with van der Waals surface area (Å²) in [5.41, 5.74) is 0.719. The summed E-state index contributed by atoms with van der Waals surface area (Å²) in [4.78, 5) is 14.5. The van der Waals surface area contributed by atoms with Crippen molar-refractivity contribution in [1.82, 2.24) is 19.7 Å². The molecule has 0 saturated carbocycles. The van der Waals surface area contributed by atoms with Crippen molar-refractivity contribution in [3.05, 3.63) is 48.2 Å². The fraction of sp³-hybridized carbons (Fsp3) is 0.353. The molecule has 0 aliphatic carbocycles. The minimum absolute atomic E-state index is 0.123. The zero-order chi connectivity index (χ0) is 16.5. The molecule has 0 unspecified atom stereocenters. The molecule has 3 aromatic rings. The quantitative estimate of drug-likeness (QED) is 0.738. The van der Waals surface area contributed by atoms with Crippen molar-refractivity contribution in [2.75, 3.05) is 19.7 Å². The molecule has 3 heterocycles. The summed E-state index contributed by atoms with van der Waals surface area (Å²) in [6.07, 6.45) is 1.41. The van der Waals surface area contributed by atoms with Gasteiger partial charge < -0.3 is 18.6 Å². The number of nitrogens with zero attached hydrogens (tertiary/aromatic N) is 4. The smallest absolute Gasteiger partial charge is 0.289 e. The van der Waals surface area contributed by atoms with Crippen molar-refractivity contribution in [2.24, 2.45) is 0 Å². The third-order valence-electron chi connectivity index (χ3n) is 4.26. The average molecular weight is 326 g/mol. The van der Waals surface area contributed by atoms with Gasteiger partial charge in [-0.3, -0.25) is 4.79 Å². The number of morpholine rings is 1. The Morgan fingerprint density at radius 3 is 3.08 bits per heavy atom. The SMILES string of the molecule is CCn1cnnc1[C@@H]1CN(C(=O)c2cc3ccccc3o2)CCO1. The van der Waals surface area contributed by atoms with Crippen LogP contribution < -0.4 is 0 Å². The monoisotopic (exact) mass is 326 g/mol. The van der Waals surface area contributed by atoms with Crippen molar-refractivity contribution in [3.63, 3.8) is 0 Å². The van der Waals surface area contributed by atoms with E-state index < -0.39 is 0 Å². The summed E-state index contributed by atoms with van der Waals surface area (Å²) in [5, 5.41) is 9.00. The van der Waals surface area contributed by atoms with E-state index in [1.54, 1.807) is 17.3 Å². The van der Waals surface area contributed by atoms with Gasteiger partial charge in [0.05, 0.1) is 13.2 Å². The lowest BCUT2D eigenvalue weighted by Gasteiger charge is -2.31. The van der Waals surface area contributed by atoms with E-state index in [0.29, 0.717) is 25.5 Å². The second-order valence-corrected chi connectivity index (χ2v) is 5.73. The summed E-state index contributed by atoms with van der Waals surface area (Å²) in [7, 11) is 0. The Morgan fingerprint density at radius 1 is 1.38 bits per heavy atom. The van der Waals surface area contributed by atoms with Crippen LogP contribution in [-0.4, -0.2) is 45.3 Å². The molecule has 1 aromatic carbocycles. The first kappa shape index (κ1) is 14.9. The van der Waals surface area contributed by atoms with E-state index in [1.807, 2.05) is 35.8 Å². The molecule has 4 rings (SSSR count). The molecule has 1 saturated heterocycles. The highest BCUT2D eigenvalue weighted by Gasteiger charge is 2.30. The third-order valence-corrected chi connectivity index (χ3v) is 4.26. The number of benzene rings is 1. The zero-order valence-electron chi connectivity index (χ0n) is 13.4. The molecule has 0 bridgehead atoms. The Labute approximate surface area is 138 Å². The van der Waals surface area contributed by atoms with Crippen LogP contribution in [-0.2, 0) is 11.3 Å². The summed E-state index contributed by atoms with van der Waals surface area (Å²) in [5.74, 6) is 0.982. The third kappa shape index (κ3) is 2.56. The molecule has 7 nitrogen and oxygen atoms in total. The van der Waals surface area contributed by atoms with Crippen LogP contribution in [0, 0.1) is 0 Å². The van der Waals surface area contributed by atoms with Gasteiger partial charge in [0.2, 0.25) is 0 Å². The van der Waals surface area contributed by atoms with Gasteiger partial charge in [-0.05, 0) is 19.1 Å². The number of furan rings is 1. The highest BCUT2D eigenvalue weighted by molar-refractivity contribution is 5.96. The highest BCUT2D eigenvalue weighted by atomic mass is 16.5.